The Morgan fingerprint density at radius 2 is 1.93 bits per heavy atom. The van der Waals surface area contributed by atoms with Crippen LogP contribution in [0.2, 0.25) is 0 Å². The Hall–Kier alpha value is -1.32. The number of ether oxygens (including phenoxy) is 1. The van der Waals surface area contributed by atoms with E-state index in [9.17, 15) is 9.59 Å². The smallest absolute Gasteiger partial charge is 0.330 e. The number of carboxylic acid groups (broad SMARTS) is 1. The van der Waals surface area contributed by atoms with Crippen LogP contribution in [0.3, 0.4) is 0 Å². The van der Waals surface area contributed by atoms with Crippen molar-refractivity contribution in [2.75, 3.05) is 7.11 Å². The predicted molar refractivity (Wildman–Crippen MR) is 54.2 cm³/mol. The lowest BCUT2D eigenvalue weighted by atomic mass is 10.1. The Morgan fingerprint density at radius 3 is 2.33 bits per heavy atom. The molecule has 4 nitrogen and oxygen atoms in total. The molecule has 4 heteroatoms. The summed E-state index contributed by atoms with van der Waals surface area (Å²) in [5, 5.41) is 8.73. The lowest BCUT2D eigenvalue weighted by molar-refractivity contribution is -0.143. The third-order valence-electron chi connectivity index (χ3n) is 3.13. The van der Waals surface area contributed by atoms with Crippen molar-refractivity contribution in [1.29, 1.82) is 0 Å². The lowest BCUT2D eigenvalue weighted by Gasteiger charge is -1.99. The maximum absolute atomic E-state index is 11.4. The Balaban J connectivity index is 2.79. The van der Waals surface area contributed by atoms with E-state index in [0.29, 0.717) is 0 Å². The molecule has 0 saturated heterocycles. The highest BCUT2D eigenvalue weighted by molar-refractivity contribution is 5.86. The van der Waals surface area contributed by atoms with Crippen LogP contribution in [0.5, 0.6) is 0 Å². The van der Waals surface area contributed by atoms with E-state index in [1.165, 1.54) is 14.0 Å². The molecule has 0 spiro atoms. The number of carbonyl (C=O) groups is 2. The summed E-state index contributed by atoms with van der Waals surface area (Å²) in [6, 6.07) is 0. The van der Waals surface area contributed by atoms with Crippen LogP contribution in [0.15, 0.2) is 11.6 Å². The summed E-state index contributed by atoms with van der Waals surface area (Å²) in [6.45, 7) is 5.40. The van der Waals surface area contributed by atoms with Gasteiger partial charge in [-0.15, -0.1) is 0 Å². The normalized spacial score (nSPS) is 28.4. The molecule has 1 fully saturated rings. The summed E-state index contributed by atoms with van der Waals surface area (Å²) >= 11 is 0. The highest BCUT2D eigenvalue weighted by Crippen LogP contribution is 2.59. The molecular formula is C11H16O4. The van der Waals surface area contributed by atoms with E-state index in [1.807, 2.05) is 13.8 Å². The first-order chi connectivity index (χ1) is 6.82. The molecule has 2 atom stereocenters. The van der Waals surface area contributed by atoms with Crippen molar-refractivity contribution in [2.24, 2.45) is 17.3 Å². The molecule has 0 aromatic rings. The predicted octanol–water partition coefficient (Wildman–Crippen LogP) is 1.46. The number of carboxylic acids is 1. The highest BCUT2D eigenvalue weighted by atomic mass is 16.5. The maximum Gasteiger partial charge on any atom is 0.330 e. The summed E-state index contributed by atoms with van der Waals surface area (Å²) in [5.41, 5.74) is 0.0866. The van der Waals surface area contributed by atoms with Crippen molar-refractivity contribution in [2.45, 2.75) is 20.8 Å². The van der Waals surface area contributed by atoms with Crippen LogP contribution in [0.4, 0.5) is 0 Å². The fraction of sp³-hybridized carbons (Fsp3) is 0.636. The number of allylic oxidation sites excluding steroid dienone is 1. The maximum atomic E-state index is 11.4. The zero-order valence-corrected chi connectivity index (χ0v) is 9.40. The Labute approximate surface area is 88.9 Å². The second kappa shape index (κ2) is 3.68. The van der Waals surface area contributed by atoms with E-state index in [4.69, 9.17) is 5.11 Å². The van der Waals surface area contributed by atoms with Gasteiger partial charge in [-0.25, -0.2) is 4.79 Å². The minimum Gasteiger partial charge on any atom is -0.478 e. The van der Waals surface area contributed by atoms with Gasteiger partial charge >= 0.3 is 11.9 Å². The molecule has 0 aromatic carbocycles. The number of esters is 1. The molecule has 1 aliphatic carbocycles. The first-order valence-electron chi connectivity index (χ1n) is 4.82. The Bertz CT molecular complexity index is 327. The van der Waals surface area contributed by atoms with Gasteiger partial charge in [0.05, 0.1) is 13.0 Å². The average molecular weight is 212 g/mol. The van der Waals surface area contributed by atoms with Gasteiger partial charge in [0.1, 0.15) is 0 Å². The number of aliphatic carboxylic acids is 1. The van der Waals surface area contributed by atoms with Crippen molar-refractivity contribution in [1.82, 2.24) is 0 Å². The monoisotopic (exact) mass is 212 g/mol. The molecule has 2 unspecified atom stereocenters. The summed E-state index contributed by atoms with van der Waals surface area (Å²) in [4.78, 5) is 22.0. The number of carbonyl (C=O) groups excluding carboxylic acids is 1. The molecule has 15 heavy (non-hydrogen) atoms. The van der Waals surface area contributed by atoms with Gasteiger partial charge in [-0.2, -0.15) is 0 Å². The van der Waals surface area contributed by atoms with Crippen LogP contribution in [0, 0.1) is 17.3 Å². The summed E-state index contributed by atoms with van der Waals surface area (Å²) in [7, 11) is 1.35. The number of rotatable bonds is 3. The van der Waals surface area contributed by atoms with E-state index < -0.39 is 5.97 Å². The average Bonchev–Trinajstić information content (AvgIpc) is 2.67. The van der Waals surface area contributed by atoms with E-state index >= 15 is 0 Å². The topological polar surface area (TPSA) is 63.6 Å². The van der Waals surface area contributed by atoms with Crippen LogP contribution < -0.4 is 0 Å². The van der Waals surface area contributed by atoms with Crippen LogP contribution in [-0.4, -0.2) is 24.2 Å². The molecule has 0 bridgehead atoms. The molecule has 1 rings (SSSR count). The van der Waals surface area contributed by atoms with Gasteiger partial charge in [-0.1, -0.05) is 19.9 Å². The van der Waals surface area contributed by atoms with Crippen LogP contribution in [0.25, 0.3) is 0 Å². The second-order valence-electron chi connectivity index (χ2n) is 4.50. The van der Waals surface area contributed by atoms with Gasteiger partial charge in [-0.05, 0) is 18.3 Å². The Kier molecular flexibility index (Phi) is 2.88. The van der Waals surface area contributed by atoms with Gasteiger partial charge in [0.2, 0.25) is 0 Å². The van der Waals surface area contributed by atoms with E-state index in [-0.39, 0.29) is 28.8 Å². The van der Waals surface area contributed by atoms with Gasteiger partial charge in [0.25, 0.3) is 0 Å². The van der Waals surface area contributed by atoms with E-state index in [0.717, 1.165) is 0 Å². The molecule has 0 aliphatic heterocycles. The minimum absolute atomic E-state index is 0.0268. The van der Waals surface area contributed by atoms with Gasteiger partial charge < -0.3 is 9.84 Å². The largest absolute Gasteiger partial charge is 0.478 e. The lowest BCUT2D eigenvalue weighted by Crippen LogP contribution is -2.07. The van der Waals surface area contributed by atoms with Crippen molar-refractivity contribution in [3.8, 4) is 0 Å². The SMILES string of the molecule is COC(=O)C1C(C=C(C)C(=O)O)C1(C)C. The van der Waals surface area contributed by atoms with E-state index in [1.54, 1.807) is 6.08 Å². The molecule has 0 aromatic heterocycles. The Morgan fingerprint density at radius 1 is 1.40 bits per heavy atom. The zero-order chi connectivity index (χ0) is 11.8. The fourth-order valence-corrected chi connectivity index (χ4v) is 1.91. The van der Waals surface area contributed by atoms with Gasteiger partial charge in [0.15, 0.2) is 0 Å². The molecule has 84 valence electrons. The summed E-state index contributed by atoms with van der Waals surface area (Å²) in [6.07, 6.45) is 1.64. The second-order valence-corrected chi connectivity index (χ2v) is 4.50. The third-order valence-corrected chi connectivity index (χ3v) is 3.13. The number of hydrogen-bond donors (Lipinski definition) is 1. The van der Waals surface area contributed by atoms with E-state index in [2.05, 4.69) is 4.74 Å². The first-order valence-corrected chi connectivity index (χ1v) is 4.82. The quantitative estimate of drug-likeness (QED) is 0.568. The molecule has 0 radical (unpaired) electrons. The summed E-state index contributed by atoms with van der Waals surface area (Å²) < 4.78 is 4.67. The first kappa shape index (κ1) is 11.8. The van der Waals surface area contributed by atoms with Crippen LogP contribution >= 0.6 is 0 Å². The van der Waals surface area contributed by atoms with Crippen molar-refractivity contribution >= 4 is 11.9 Å². The standard InChI is InChI=1S/C11H16O4/c1-6(9(12)13)5-7-8(10(14)15-4)11(7,2)3/h5,7-8H,1-4H3,(H,12,13). The zero-order valence-electron chi connectivity index (χ0n) is 9.40. The molecular weight excluding hydrogens is 196 g/mol. The minimum atomic E-state index is -0.943. The van der Waals surface area contributed by atoms with Gasteiger partial charge in [-0.3, -0.25) is 4.79 Å². The van der Waals surface area contributed by atoms with Crippen molar-refractivity contribution in [3.63, 3.8) is 0 Å². The number of methoxy groups -OCH3 is 1. The fourth-order valence-electron chi connectivity index (χ4n) is 1.91. The highest BCUT2D eigenvalue weighted by Gasteiger charge is 2.61. The summed E-state index contributed by atoms with van der Waals surface area (Å²) in [5.74, 6) is -1.45. The van der Waals surface area contributed by atoms with Crippen molar-refractivity contribution in [3.05, 3.63) is 11.6 Å². The molecule has 1 N–H and O–H groups in total. The number of hydrogen-bond acceptors (Lipinski definition) is 3. The molecule has 0 heterocycles. The van der Waals surface area contributed by atoms with Gasteiger partial charge in [0, 0.05) is 5.57 Å². The molecule has 1 saturated carbocycles. The van der Waals surface area contributed by atoms with Crippen molar-refractivity contribution < 1.29 is 19.4 Å². The van der Waals surface area contributed by atoms with Crippen LogP contribution in [0.1, 0.15) is 20.8 Å². The molecule has 1 aliphatic rings. The molecule has 0 amide bonds. The van der Waals surface area contributed by atoms with Crippen LogP contribution in [-0.2, 0) is 14.3 Å². The third kappa shape index (κ3) is 2.03.